The number of carbonyl (C=O) groups is 1. The molecule has 19 heavy (non-hydrogen) atoms. The molecule has 1 N–H and O–H groups in total. The predicted molar refractivity (Wildman–Crippen MR) is 69.2 cm³/mol. The summed E-state index contributed by atoms with van der Waals surface area (Å²) in [4.78, 5) is 16.6. The van der Waals surface area contributed by atoms with Gasteiger partial charge in [0.2, 0.25) is 0 Å². The second-order valence-corrected chi connectivity index (χ2v) is 3.91. The molecule has 7 heteroatoms. The lowest BCUT2D eigenvalue weighted by Gasteiger charge is -2.04. The van der Waals surface area contributed by atoms with E-state index in [1.165, 1.54) is 12.1 Å². The number of aromatic amines is 1. The molecule has 4 nitrogen and oxygen atoms in total. The number of carbonyl (C=O) groups excluding carboxylic acids is 1. The molecule has 0 saturated heterocycles. The molecule has 0 aliphatic rings. The quantitative estimate of drug-likeness (QED) is 0.680. The third kappa shape index (κ3) is 3.55. The van der Waals surface area contributed by atoms with Gasteiger partial charge in [-0.15, -0.1) is 0 Å². The third-order valence-corrected chi connectivity index (χ3v) is 2.60. The fourth-order valence-corrected chi connectivity index (χ4v) is 1.90. The maximum Gasteiger partial charge on any atom is 0.182 e. The van der Waals surface area contributed by atoms with Gasteiger partial charge in [-0.3, -0.25) is 9.36 Å². The molecule has 1 aromatic heterocycles. The van der Waals surface area contributed by atoms with Crippen molar-refractivity contribution in [1.29, 1.82) is 0 Å². The van der Waals surface area contributed by atoms with Gasteiger partial charge in [0.05, 0.1) is 7.11 Å². The van der Waals surface area contributed by atoms with Crippen molar-refractivity contribution in [3.63, 3.8) is 0 Å². The standard InChI is InChI=1S/C11H9FN2OS.CH3FO/c1-7-10(6-15)14(11(16)13-7)9-4-2-8(12)3-5-9;1-3-2/h2-6H,1H3,(H,13,16);1H3. The fraction of sp³-hybridized carbons (Fsp3) is 0.167. The second-order valence-electron chi connectivity index (χ2n) is 3.52. The fourth-order valence-electron chi connectivity index (χ4n) is 1.55. The average Bonchev–Trinajstić information content (AvgIpc) is 2.65. The lowest BCUT2D eigenvalue weighted by atomic mass is 10.3. The normalized spacial score (nSPS) is 9.68. The highest BCUT2D eigenvalue weighted by atomic mass is 32.1. The minimum Gasteiger partial charge on any atom is -0.334 e. The molecule has 0 fully saturated rings. The number of H-pyrrole nitrogens is 1. The van der Waals surface area contributed by atoms with E-state index in [-0.39, 0.29) is 5.82 Å². The van der Waals surface area contributed by atoms with E-state index in [4.69, 9.17) is 12.2 Å². The van der Waals surface area contributed by atoms with E-state index in [0.29, 0.717) is 21.8 Å². The molecule has 0 saturated carbocycles. The highest BCUT2D eigenvalue weighted by molar-refractivity contribution is 7.71. The number of halogens is 2. The van der Waals surface area contributed by atoms with Gasteiger partial charge in [-0.2, -0.15) is 4.94 Å². The molecular formula is C12H12F2N2O2S. The van der Waals surface area contributed by atoms with E-state index in [2.05, 4.69) is 9.93 Å². The Morgan fingerprint density at radius 2 is 1.89 bits per heavy atom. The first kappa shape index (κ1) is 15.2. The largest absolute Gasteiger partial charge is 0.334 e. The van der Waals surface area contributed by atoms with Gasteiger partial charge in [0.1, 0.15) is 11.5 Å². The van der Waals surface area contributed by atoms with E-state index in [1.54, 1.807) is 23.6 Å². The first-order valence-electron chi connectivity index (χ1n) is 5.22. The maximum atomic E-state index is 12.8. The summed E-state index contributed by atoms with van der Waals surface area (Å²) < 4.78 is 24.6. The Kier molecular flexibility index (Phi) is 5.53. The van der Waals surface area contributed by atoms with Crippen molar-refractivity contribution < 1.29 is 18.7 Å². The first-order chi connectivity index (χ1) is 9.04. The monoisotopic (exact) mass is 286 g/mol. The van der Waals surface area contributed by atoms with Gasteiger partial charge in [-0.1, -0.05) is 0 Å². The molecule has 0 atom stereocenters. The zero-order chi connectivity index (χ0) is 14.4. The van der Waals surface area contributed by atoms with Crippen LogP contribution in [0.15, 0.2) is 24.3 Å². The Labute approximate surface area is 113 Å². The Hall–Kier alpha value is -1.86. The molecule has 2 rings (SSSR count). The van der Waals surface area contributed by atoms with Crippen LogP contribution in [-0.4, -0.2) is 22.9 Å². The SMILES string of the molecule is COF.Cc1[nH]c(=S)n(-c2ccc(F)cc2)c1C=O. The van der Waals surface area contributed by atoms with Crippen LogP contribution < -0.4 is 0 Å². The number of rotatable bonds is 2. The number of benzene rings is 1. The molecule has 0 unspecified atom stereocenters. The van der Waals surface area contributed by atoms with Crippen LogP contribution in [0.3, 0.4) is 0 Å². The minimum absolute atomic E-state index is 0.324. The Bertz CT molecular complexity index is 605. The van der Waals surface area contributed by atoms with Crippen LogP contribution in [-0.2, 0) is 4.94 Å². The number of aldehydes is 1. The highest BCUT2D eigenvalue weighted by Gasteiger charge is 2.09. The smallest absolute Gasteiger partial charge is 0.182 e. The summed E-state index contributed by atoms with van der Waals surface area (Å²) in [6.07, 6.45) is 0.727. The van der Waals surface area contributed by atoms with Gasteiger partial charge in [0.15, 0.2) is 11.1 Å². The number of imidazole rings is 1. The number of aromatic nitrogens is 2. The van der Waals surface area contributed by atoms with Crippen LogP contribution in [0, 0.1) is 17.5 Å². The Morgan fingerprint density at radius 1 is 1.37 bits per heavy atom. The van der Waals surface area contributed by atoms with Crippen molar-refractivity contribution in [3.05, 3.63) is 46.2 Å². The molecule has 0 aliphatic heterocycles. The number of hydrogen-bond acceptors (Lipinski definition) is 3. The molecule has 0 bridgehead atoms. The number of nitrogens with one attached hydrogen (secondary N) is 1. The summed E-state index contributed by atoms with van der Waals surface area (Å²) in [7, 11) is 0.958. The second kappa shape index (κ2) is 6.91. The molecule has 0 spiro atoms. The number of nitrogens with zero attached hydrogens (tertiary/aromatic N) is 1. The van der Waals surface area contributed by atoms with Crippen LogP contribution in [0.5, 0.6) is 0 Å². The van der Waals surface area contributed by atoms with E-state index in [1.807, 2.05) is 0 Å². The molecular weight excluding hydrogens is 274 g/mol. The van der Waals surface area contributed by atoms with Gasteiger partial charge in [-0.05, 0) is 47.9 Å². The molecule has 1 heterocycles. The zero-order valence-corrected chi connectivity index (χ0v) is 11.1. The van der Waals surface area contributed by atoms with E-state index >= 15 is 0 Å². The molecule has 0 amide bonds. The summed E-state index contributed by atoms with van der Waals surface area (Å²) in [5.74, 6) is -0.324. The third-order valence-electron chi connectivity index (χ3n) is 2.32. The van der Waals surface area contributed by atoms with Gasteiger partial charge in [0, 0.05) is 11.4 Å². The summed E-state index contributed by atoms with van der Waals surface area (Å²) in [5.41, 5.74) is 1.82. The summed E-state index contributed by atoms with van der Waals surface area (Å²) >= 11 is 5.10. The van der Waals surface area contributed by atoms with Crippen molar-refractivity contribution in [2.75, 3.05) is 7.11 Å². The lowest BCUT2D eigenvalue weighted by molar-refractivity contribution is -0.0960. The number of hydrogen-bond donors (Lipinski definition) is 1. The van der Waals surface area contributed by atoms with E-state index < -0.39 is 0 Å². The van der Waals surface area contributed by atoms with E-state index in [9.17, 15) is 13.7 Å². The molecule has 0 radical (unpaired) electrons. The van der Waals surface area contributed by atoms with Crippen LogP contribution >= 0.6 is 12.2 Å². The van der Waals surface area contributed by atoms with Crippen molar-refractivity contribution in [1.82, 2.24) is 9.55 Å². The molecule has 1 aromatic carbocycles. The molecule has 102 valence electrons. The van der Waals surface area contributed by atoms with Crippen LogP contribution in [0.2, 0.25) is 0 Å². The van der Waals surface area contributed by atoms with Gasteiger partial charge < -0.3 is 4.98 Å². The van der Waals surface area contributed by atoms with Crippen molar-refractivity contribution in [3.8, 4) is 5.69 Å². The predicted octanol–water partition coefficient (Wildman–Crippen LogP) is 3.31. The Balaban J connectivity index is 0.000000550. The first-order valence-corrected chi connectivity index (χ1v) is 5.63. The zero-order valence-electron chi connectivity index (χ0n) is 10.3. The van der Waals surface area contributed by atoms with Crippen LogP contribution in [0.25, 0.3) is 5.69 Å². The highest BCUT2D eigenvalue weighted by Crippen LogP contribution is 2.15. The van der Waals surface area contributed by atoms with Crippen molar-refractivity contribution >= 4 is 18.5 Å². The van der Waals surface area contributed by atoms with Crippen molar-refractivity contribution in [2.24, 2.45) is 0 Å². The summed E-state index contributed by atoms with van der Waals surface area (Å²) in [6.45, 7) is 1.76. The summed E-state index contributed by atoms with van der Waals surface area (Å²) in [5, 5.41) is 0. The van der Waals surface area contributed by atoms with Crippen molar-refractivity contribution in [2.45, 2.75) is 6.92 Å². The molecule has 2 aromatic rings. The van der Waals surface area contributed by atoms with Crippen LogP contribution in [0.4, 0.5) is 8.92 Å². The minimum atomic E-state index is -0.324. The molecule has 0 aliphatic carbocycles. The average molecular weight is 286 g/mol. The van der Waals surface area contributed by atoms with Gasteiger partial charge in [0.25, 0.3) is 0 Å². The van der Waals surface area contributed by atoms with E-state index in [0.717, 1.165) is 13.4 Å². The lowest BCUT2D eigenvalue weighted by Crippen LogP contribution is -2.00. The van der Waals surface area contributed by atoms with Gasteiger partial charge in [-0.25, -0.2) is 4.39 Å². The topological polar surface area (TPSA) is 47.0 Å². The van der Waals surface area contributed by atoms with Gasteiger partial charge >= 0.3 is 0 Å². The Morgan fingerprint density at radius 3 is 2.37 bits per heavy atom. The number of aryl methyl sites for hydroxylation is 1. The van der Waals surface area contributed by atoms with Crippen LogP contribution in [0.1, 0.15) is 16.2 Å². The maximum absolute atomic E-state index is 12.8. The summed E-state index contributed by atoms with van der Waals surface area (Å²) in [6, 6.07) is 5.80.